The standard InChI is InChI=1S/C94H133N21O21/c1-9-11-25-71-84(127)104-64(39-52(3)4)82(125)102-62(80(123)100-48-77(98)119)24-19-30-78(120)101-66(41-54-31-33-57(116)34-32-54)89(132)112-37-18-17-28-72(112)85(128)107-68(44-76(97)118)90(133)113-38-20-29-73(113)86(129)108-69(46-96)83(126)105-65(40-53(5)6)91(134)114-50-58(117)45-94(114)93(136)115(94)75(43-55-47-99-61-23-15-13-21-59(55)61)87(130)103-63(35-36-95)81(124)106-67(88(131)110(8)74(26-12-10-2)92(135)109(71)7)42-56-49-111(51-79(121)122)70-27-16-14-22-60(56)70/h13-16,21-23,27,31-34,47,49,52-53,58,62-69,71-75,99,116-117H,9-12,17-20,24-26,28-30,35-46,48,50-51,95-96H2,1-8H3,(H2,97,118)(H2,98,119)(H,100,123)(H,101,120)(H,102,125)(H,103,130)(H,104,127)(H,105,126)(H,106,124)(H,107,128)(H,108,129)(H,121,122)/t58-,62+,63+,64+,65+,66+,67+,68+,69+,71+,72+,73+,74+,75+,94-,115?/m1/s1. The summed E-state index contributed by atoms with van der Waals surface area (Å²) < 4.78 is 1.44. The van der Waals surface area contributed by atoms with E-state index in [1.54, 1.807) is 82.4 Å². The van der Waals surface area contributed by atoms with Crippen LogP contribution in [0.3, 0.4) is 0 Å². The van der Waals surface area contributed by atoms with Gasteiger partial charge in [-0.3, -0.25) is 91.2 Å². The Kier molecular flexibility index (Phi) is 36.9. The minimum absolute atomic E-state index is 0.00704. The van der Waals surface area contributed by atoms with Crippen molar-refractivity contribution in [2.75, 3.05) is 53.4 Å². The average molecular weight is 1890 g/mol. The number of nitrogens with one attached hydrogen (secondary N) is 10. The number of aliphatic hydroxyl groups excluding tert-OH is 1. The van der Waals surface area contributed by atoms with Gasteiger partial charge in [0.1, 0.15) is 90.8 Å². The van der Waals surface area contributed by atoms with Gasteiger partial charge < -0.3 is 120 Å². The molecule has 0 bridgehead atoms. The predicted molar refractivity (Wildman–Crippen MR) is 496 cm³/mol. The number of amides is 17. The summed E-state index contributed by atoms with van der Waals surface area (Å²) in [6, 6.07) is -0.270. The number of fused-ring (bicyclic) bond motifs is 4. The Morgan fingerprint density at radius 1 is 0.537 bits per heavy atom. The van der Waals surface area contributed by atoms with E-state index in [0.29, 0.717) is 77.0 Å². The number of aliphatic carboxylic acids is 1. The maximum atomic E-state index is 16.1. The fourth-order valence-corrected chi connectivity index (χ4v) is 18.9. The third-order valence-corrected chi connectivity index (χ3v) is 25.9. The van der Waals surface area contributed by atoms with E-state index in [2.05, 4.69) is 52.8 Å². The van der Waals surface area contributed by atoms with Crippen LogP contribution in [0.15, 0.2) is 85.2 Å². The molecule has 0 unspecified atom stereocenters. The number of likely N-dealkylation sites (N-methyl/N-ethyl adjacent to an activating group) is 2. The number of para-hydroxylation sites is 2. The molecule has 5 aromatic rings. The van der Waals surface area contributed by atoms with Crippen molar-refractivity contribution in [1.29, 1.82) is 0 Å². The molecule has 740 valence electrons. The highest BCUT2D eigenvalue weighted by Gasteiger charge is 2.74. The van der Waals surface area contributed by atoms with Crippen LogP contribution in [-0.4, -0.2) is 304 Å². The fraction of sp³-hybridized carbons (Fsp3) is 0.574. The minimum atomic E-state index is -2.09. The van der Waals surface area contributed by atoms with Crippen LogP contribution in [-0.2, 0) is 112 Å². The number of carboxylic acids is 1. The zero-order valence-corrected chi connectivity index (χ0v) is 78.5. The van der Waals surface area contributed by atoms with Crippen molar-refractivity contribution in [1.82, 2.24) is 86.8 Å². The minimum Gasteiger partial charge on any atom is -0.508 e. The van der Waals surface area contributed by atoms with Crippen molar-refractivity contribution in [3.63, 3.8) is 0 Å². The maximum Gasteiger partial charge on any atom is 0.323 e. The van der Waals surface area contributed by atoms with Crippen molar-refractivity contribution in [2.45, 2.75) is 280 Å². The van der Waals surface area contributed by atoms with Gasteiger partial charge in [0.25, 0.3) is 5.91 Å². The molecule has 136 heavy (non-hydrogen) atoms. The number of aromatic nitrogens is 2. The van der Waals surface area contributed by atoms with Gasteiger partial charge in [0, 0.05) is 107 Å². The summed E-state index contributed by atoms with van der Waals surface area (Å²) in [6.07, 6.45) is 0.685. The zero-order chi connectivity index (χ0) is 99.3. The number of primary amides is 2. The second-order valence-electron chi connectivity index (χ2n) is 37.0. The zero-order valence-electron chi connectivity index (χ0n) is 78.5. The van der Waals surface area contributed by atoms with Gasteiger partial charge >= 0.3 is 5.97 Å². The third-order valence-electron chi connectivity index (χ3n) is 25.9. The molecule has 21 N–H and O–H groups in total. The molecular weight excluding hydrogens is 1760 g/mol. The number of piperidine rings is 1. The lowest BCUT2D eigenvalue weighted by atomic mass is 9.97. The Bertz CT molecular complexity index is 5210. The molecular formula is C94H133N21O21. The smallest absolute Gasteiger partial charge is 0.323 e. The van der Waals surface area contributed by atoms with E-state index in [1.165, 1.54) is 58.9 Å². The average Bonchev–Trinajstić information content (AvgIpc) is 1.51. The molecule has 0 radical (unpaired) electrons. The summed E-state index contributed by atoms with van der Waals surface area (Å²) in [5.74, 6) is -17.3. The lowest BCUT2D eigenvalue weighted by Crippen LogP contribution is -2.62. The summed E-state index contributed by atoms with van der Waals surface area (Å²) in [7, 11) is 2.71. The number of H-pyrrole nitrogens is 1. The Hall–Kier alpha value is -13.1. The highest BCUT2D eigenvalue weighted by atomic mass is 16.4. The number of unbranched alkanes of at least 4 members (excludes halogenated alkanes) is 2. The summed E-state index contributed by atoms with van der Waals surface area (Å²) in [5.41, 5.74) is 24.1. The van der Waals surface area contributed by atoms with Gasteiger partial charge in [0.2, 0.25) is 100 Å². The van der Waals surface area contributed by atoms with Crippen LogP contribution in [0.1, 0.15) is 180 Å². The summed E-state index contributed by atoms with van der Waals surface area (Å²) >= 11 is 0. The SMILES string of the molecule is CCCC[C@H]1C(=O)N(C)[C@@H](CCCC)C(=O)N[C@@H](CC(C)C)C(=O)N[C@H](C(=O)NCC(N)=O)CCCC(=O)N[C@@H](Cc2ccc(O)cc2)C(=O)N2CCCC[C@H]2C(=O)N[C@@H](CC(N)=O)C(=O)N2CCC[C@H]2C(=O)N[C@@H](CN)C(=O)N[C@@H](CC(C)C)C(=O)N2C[C@H](O)C[C@@]23C(=O)N3[C@@H](Cc2c[nH]c3ccccc23)C(=O)N[C@@H](CCN)C(=O)N[C@@H](Cc2cn(CC(=O)O)c3ccccc23)C(=O)N1C. The van der Waals surface area contributed by atoms with E-state index < -0.39 is 248 Å². The Morgan fingerprint density at radius 3 is 1.74 bits per heavy atom. The number of aliphatic hydroxyl groups is 1. The number of benzene rings is 3. The number of aromatic amines is 1. The van der Waals surface area contributed by atoms with E-state index in [0.717, 1.165) is 19.6 Å². The molecule has 42 nitrogen and oxygen atoms in total. The first-order chi connectivity index (χ1) is 64.7. The first-order valence-electron chi connectivity index (χ1n) is 47.0. The van der Waals surface area contributed by atoms with Gasteiger partial charge in [0.15, 0.2) is 0 Å². The Morgan fingerprint density at radius 2 is 1.10 bits per heavy atom. The Balaban J connectivity index is 1.04. The van der Waals surface area contributed by atoms with Crippen molar-refractivity contribution in [3.05, 3.63) is 102 Å². The number of carbonyl (C=O) groups excluding carboxylic acids is 17. The molecule has 15 atom stereocenters. The highest BCUT2D eigenvalue weighted by molar-refractivity contribution is 6.10. The second-order valence-corrected chi connectivity index (χ2v) is 37.0. The molecule has 0 saturated carbocycles. The molecule has 5 aliphatic heterocycles. The van der Waals surface area contributed by atoms with Crippen LogP contribution in [0.2, 0.25) is 0 Å². The molecule has 5 saturated heterocycles. The maximum absolute atomic E-state index is 16.1. The van der Waals surface area contributed by atoms with Crippen molar-refractivity contribution in [3.8, 4) is 5.75 Å². The van der Waals surface area contributed by atoms with Gasteiger partial charge in [-0.2, -0.15) is 0 Å². The lowest BCUT2D eigenvalue weighted by Gasteiger charge is -2.38. The normalized spacial score (nSPS) is 26.0. The predicted octanol–water partition coefficient (Wildman–Crippen LogP) is -1.21. The summed E-state index contributed by atoms with van der Waals surface area (Å²) in [6.45, 7) is 7.93. The number of nitrogens with zero attached hydrogens (tertiary/aromatic N) is 7. The van der Waals surface area contributed by atoms with E-state index in [1.807, 2.05) is 13.8 Å². The topological polar surface area (TPSA) is 620 Å². The first kappa shape index (κ1) is 105. The van der Waals surface area contributed by atoms with Crippen LogP contribution in [0.4, 0.5) is 0 Å². The number of nitrogens with two attached hydrogens (primary N) is 4. The number of phenolic OH excluding ortho intramolecular Hbond substituents is 1. The van der Waals surface area contributed by atoms with Crippen LogP contribution >= 0.6 is 0 Å². The summed E-state index contributed by atoms with van der Waals surface area (Å²) in [4.78, 5) is 276. The van der Waals surface area contributed by atoms with Gasteiger partial charge in [-0.1, -0.05) is 116 Å². The number of phenols is 1. The summed E-state index contributed by atoms with van der Waals surface area (Å²) in [5, 5.41) is 57.6. The van der Waals surface area contributed by atoms with Crippen molar-refractivity contribution < 1.29 is 102 Å². The molecule has 2 aromatic heterocycles. The molecule has 17 amide bonds. The number of carboxylic acid groups (broad SMARTS) is 1. The molecule has 7 heterocycles. The molecule has 1 spiro atoms. The molecule has 3 aromatic carbocycles. The fourth-order valence-electron chi connectivity index (χ4n) is 18.9. The first-order valence-corrected chi connectivity index (χ1v) is 47.0. The second kappa shape index (κ2) is 47.9. The van der Waals surface area contributed by atoms with E-state index in [-0.39, 0.29) is 115 Å². The third kappa shape index (κ3) is 26.1. The highest BCUT2D eigenvalue weighted by Crippen LogP contribution is 2.49. The monoisotopic (exact) mass is 1890 g/mol. The molecule has 5 aliphatic rings. The number of carbonyl (C=O) groups is 18. The number of hydrogen-bond acceptors (Lipinski definition) is 22. The van der Waals surface area contributed by atoms with Gasteiger partial charge in [-0.25, -0.2) is 0 Å². The van der Waals surface area contributed by atoms with Crippen LogP contribution in [0.25, 0.3) is 21.8 Å². The molecule has 10 rings (SSSR count). The molecule has 0 aliphatic carbocycles. The van der Waals surface area contributed by atoms with Crippen molar-refractivity contribution >= 4 is 128 Å². The van der Waals surface area contributed by atoms with E-state index in [4.69, 9.17) is 22.9 Å². The van der Waals surface area contributed by atoms with Gasteiger partial charge in [0.05, 0.1) is 19.1 Å². The number of aromatic hydroxyl groups is 1. The number of hydrogen-bond donors (Lipinski definition) is 17. The molecule has 42 heteroatoms. The Labute approximate surface area is 788 Å². The van der Waals surface area contributed by atoms with Crippen LogP contribution in [0, 0.1) is 11.8 Å². The van der Waals surface area contributed by atoms with Gasteiger partial charge in [-0.15, -0.1) is 0 Å². The largest absolute Gasteiger partial charge is 0.508 e. The lowest BCUT2D eigenvalue weighted by molar-refractivity contribution is -0.149. The number of rotatable bonds is 26. The molecule has 5 fully saturated rings. The van der Waals surface area contributed by atoms with Crippen LogP contribution < -0.4 is 70.8 Å². The van der Waals surface area contributed by atoms with Crippen LogP contribution in [0.5, 0.6) is 5.75 Å². The van der Waals surface area contributed by atoms with E-state index >= 15 is 38.4 Å². The van der Waals surface area contributed by atoms with Crippen molar-refractivity contribution in [2.24, 2.45) is 34.8 Å². The quantitative estimate of drug-likeness (QED) is 0.0289. The van der Waals surface area contributed by atoms with Gasteiger partial charge in [-0.05, 0) is 136 Å². The van der Waals surface area contributed by atoms with E-state index in [9.17, 15) is 63.3 Å².